The number of hydrogen-bond donors (Lipinski definition) is 3. The maximum absolute atomic E-state index is 10.4. The number of carboxylic acids is 5. The minimum absolute atomic E-state index is 0. The van der Waals surface area contributed by atoms with Crippen molar-refractivity contribution in [2.24, 2.45) is 17.5 Å². The molecule has 0 aromatic rings. The molecule has 0 rings (SSSR count). The van der Waals surface area contributed by atoms with Crippen LogP contribution in [-0.2, 0) is 24.0 Å². The molecule has 0 aliphatic rings. The van der Waals surface area contributed by atoms with Crippen LogP contribution in [0.2, 0.25) is 0 Å². The SMILES string of the molecule is NN(N)CCN(N)CC(=O)[O-].O=C([O-])CN(CCN(CC(=O)[O-])CC(=O)[O-])CC(=O)[O-].[Na+].[Na+].[Na+].[Na+].[Na+]. The average Bonchev–Trinajstić information content (AvgIpc) is 2.55. The molecule has 0 heterocycles. The molecule has 0 amide bonds. The van der Waals surface area contributed by atoms with Crippen molar-refractivity contribution < 1.29 is 197 Å². The molecule has 22 heteroatoms. The summed E-state index contributed by atoms with van der Waals surface area (Å²) in [6, 6.07) is 0. The molecular weight excluding hydrogens is 541 g/mol. The summed E-state index contributed by atoms with van der Waals surface area (Å²) in [7, 11) is 0. The van der Waals surface area contributed by atoms with Gasteiger partial charge in [-0.05, 0) is 0 Å². The number of carboxylic acid groups (broad SMARTS) is 5. The normalized spacial score (nSPS) is 9.31. The predicted molar refractivity (Wildman–Crippen MR) is 88.8 cm³/mol. The Labute approximate surface area is 318 Å². The van der Waals surface area contributed by atoms with Gasteiger partial charge < -0.3 is 49.5 Å². The number of hydrogen-bond acceptors (Lipinski definition) is 17. The van der Waals surface area contributed by atoms with Gasteiger partial charge in [-0.2, -0.15) is 5.12 Å². The van der Waals surface area contributed by atoms with Gasteiger partial charge >= 0.3 is 148 Å². The first-order chi connectivity index (χ1) is 14.2. The van der Waals surface area contributed by atoms with E-state index in [2.05, 4.69) is 0 Å². The topological polar surface area (TPSA) is 292 Å². The number of nitrogens with two attached hydrogens (primary N) is 3. The molecular formula is C14H24N7Na5O10. The molecule has 0 radical (unpaired) electrons. The fraction of sp³-hybridized carbons (Fsp3) is 0.643. The van der Waals surface area contributed by atoms with Crippen molar-refractivity contribution in [1.82, 2.24) is 19.9 Å². The second-order valence-corrected chi connectivity index (χ2v) is 5.99. The number of aliphatic carboxylic acids is 5. The molecule has 0 unspecified atom stereocenters. The third kappa shape index (κ3) is 43.1. The van der Waals surface area contributed by atoms with Gasteiger partial charge in [0.2, 0.25) is 0 Å². The van der Waals surface area contributed by atoms with Crippen LogP contribution in [0, 0.1) is 0 Å². The molecule has 0 saturated heterocycles. The van der Waals surface area contributed by atoms with Gasteiger partial charge in [0.15, 0.2) is 0 Å². The van der Waals surface area contributed by atoms with Crippen molar-refractivity contribution in [3.8, 4) is 0 Å². The van der Waals surface area contributed by atoms with E-state index in [0.29, 0.717) is 6.54 Å². The second-order valence-electron chi connectivity index (χ2n) is 5.99. The van der Waals surface area contributed by atoms with E-state index < -0.39 is 56.0 Å². The number of rotatable bonds is 16. The van der Waals surface area contributed by atoms with Gasteiger partial charge in [-0.25, -0.2) is 5.01 Å². The number of nitrogens with zero attached hydrogens (tertiary/aromatic N) is 4. The van der Waals surface area contributed by atoms with Crippen LogP contribution in [0.15, 0.2) is 0 Å². The molecule has 0 atom stereocenters. The van der Waals surface area contributed by atoms with E-state index in [1.54, 1.807) is 0 Å². The summed E-state index contributed by atoms with van der Waals surface area (Å²) in [5.74, 6) is 7.92. The van der Waals surface area contributed by atoms with Gasteiger partial charge in [-0.15, -0.1) is 0 Å². The molecule has 0 saturated carbocycles. The maximum atomic E-state index is 10.4. The van der Waals surface area contributed by atoms with Crippen LogP contribution >= 0.6 is 0 Å². The molecule has 17 nitrogen and oxygen atoms in total. The van der Waals surface area contributed by atoms with E-state index in [0.717, 1.165) is 19.9 Å². The fourth-order valence-electron chi connectivity index (χ4n) is 1.93. The first-order valence-corrected chi connectivity index (χ1v) is 8.43. The monoisotopic (exact) mass is 565 g/mol. The Hall–Kier alpha value is 2.07. The summed E-state index contributed by atoms with van der Waals surface area (Å²) in [5.41, 5.74) is 0. The van der Waals surface area contributed by atoms with E-state index in [1.807, 2.05) is 0 Å². The van der Waals surface area contributed by atoms with Crippen molar-refractivity contribution in [2.75, 3.05) is 58.9 Å². The van der Waals surface area contributed by atoms with E-state index in [4.69, 9.17) is 17.5 Å². The Morgan fingerprint density at radius 2 is 0.694 bits per heavy atom. The molecule has 0 aliphatic heterocycles. The number of carbonyl (C=O) groups is 5. The third-order valence-electron chi connectivity index (χ3n) is 3.12. The summed E-state index contributed by atoms with van der Waals surface area (Å²) in [5, 5.41) is 53.5. The second kappa shape index (κ2) is 33.3. The van der Waals surface area contributed by atoms with E-state index in [1.165, 1.54) is 0 Å². The summed E-state index contributed by atoms with van der Waals surface area (Å²) in [4.78, 5) is 53.4. The fourth-order valence-corrected chi connectivity index (χ4v) is 1.93. The van der Waals surface area contributed by atoms with E-state index in [-0.39, 0.29) is 174 Å². The summed E-state index contributed by atoms with van der Waals surface area (Å²) in [6.07, 6.45) is 0. The van der Waals surface area contributed by atoms with Gasteiger partial charge in [-0.1, -0.05) is 0 Å². The Bertz CT molecular complexity index is 557. The Morgan fingerprint density at radius 1 is 0.444 bits per heavy atom. The standard InChI is InChI=1S/C10H16N2O8.C4H13N5O2.5Na/c13-7(14)3-11(4-8(15)16)1-2-12(5-9(17)18)6-10(19)20;5-8(3-4(10)11)1-2-9(6)7;;;;;/h1-6H2,(H,13,14)(H,15,16)(H,17,18)(H,19,20);1-3,5-7H2,(H,10,11);;;;;/q;;5*+1/p-5. The van der Waals surface area contributed by atoms with Crippen LogP contribution in [0.5, 0.6) is 0 Å². The summed E-state index contributed by atoms with van der Waals surface area (Å²) < 4.78 is 0. The minimum atomic E-state index is -1.53. The Kier molecular flexibility index (Phi) is 50.1. The molecule has 0 bridgehead atoms. The van der Waals surface area contributed by atoms with Crippen LogP contribution in [-0.4, -0.2) is 109 Å². The predicted octanol–water partition coefficient (Wildman–Crippen LogP) is -26.4. The molecule has 6 N–H and O–H groups in total. The first kappa shape index (κ1) is 54.2. The van der Waals surface area contributed by atoms with Crippen LogP contribution in [0.4, 0.5) is 0 Å². The van der Waals surface area contributed by atoms with Crippen LogP contribution in [0.25, 0.3) is 0 Å². The molecule has 0 aliphatic carbocycles. The molecule has 0 fully saturated rings. The van der Waals surface area contributed by atoms with Crippen molar-refractivity contribution in [1.29, 1.82) is 0 Å². The molecule has 180 valence electrons. The van der Waals surface area contributed by atoms with E-state index in [9.17, 15) is 49.5 Å². The van der Waals surface area contributed by atoms with Gasteiger partial charge in [0.1, 0.15) is 0 Å². The quantitative estimate of drug-likeness (QED) is 0.0888. The zero-order valence-electron chi connectivity index (χ0n) is 21.5. The number of carbonyl (C=O) groups excluding carboxylic acids is 5. The Morgan fingerprint density at radius 3 is 0.889 bits per heavy atom. The summed E-state index contributed by atoms with van der Waals surface area (Å²) in [6.45, 7) is -3.00. The largest absolute Gasteiger partial charge is 1.00 e. The molecule has 36 heavy (non-hydrogen) atoms. The van der Waals surface area contributed by atoms with Gasteiger partial charge in [-0.3, -0.25) is 27.3 Å². The van der Waals surface area contributed by atoms with Crippen molar-refractivity contribution in [3.05, 3.63) is 0 Å². The Balaban J connectivity index is -0.0000000921. The first-order valence-electron chi connectivity index (χ1n) is 8.43. The van der Waals surface area contributed by atoms with Crippen molar-refractivity contribution in [3.63, 3.8) is 0 Å². The van der Waals surface area contributed by atoms with Crippen molar-refractivity contribution >= 4 is 29.8 Å². The minimum Gasteiger partial charge on any atom is -0.549 e. The summed E-state index contributed by atoms with van der Waals surface area (Å²) >= 11 is 0. The van der Waals surface area contributed by atoms with Gasteiger partial charge in [0.25, 0.3) is 0 Å². The zero-order chi connectivity index (χ0) is 24.6. The van der Waals surface area contributed by atoms with Gasteiger partial charge in [0, 0.05) is 52.4 Å². The van der Waals surface area contributed by atoms with Crippen LogP contribution in [0.1, 0.15) is 0 Å². The zero-order valence-corrected chi connectivity index (χ0v) is 31.5. The third-order valence-corrected chi connectivity index (χ3v) is 3.12. The average molecular weight is 565 g/mol. The molecule has 0 aromatic carbocycles. The van der Waals surface area contributed by atoms with Crippen LogP contribution in [0.3, 0.4) is 0 Å². The van der Waals surface area contributed by atoms with Crippen LogP contribution < -0.4 is 191 Å². The van der Waals surface area contributed by atoms with E-state index >= 15 is 0 Å². The molecule has 0 aromatic heterocycles. The molecule has 0 spiro atoms. The van der Waals surface area contributed by atoms with Gasteiger partial charge in [0.05, 0.1) is 36.4 Å². The van der Waals surface area contributed by atoms with Crippen molar-refractivity contribution in [2.45, 2.75) is 0 Å². The maximum Gasteiger partial charge on any atom is 1.00 e. The smallest absolute Gasteiger partial charge is 0.549 e. The number of hydrazine groups is 3.